The average Bonchev–Trinajstić information content (AvgIpc) is 3.56. The minimum Gasteiger partial charge on any atom is -0.478 e. The van der Waals surface area contributed by atoms with Crippen LogP contribution in [0.2, 0.25) is 0 Å². The Balaban J connectivity index is 1.51. The number of amides is 1. The molecular weight excluding hydrogens is 394 g/mol. The Morgan fingerprint density at radius 3 is 2.50 bits per heavy atom. The summed E-state index contributed by atoms with van der Waals surface area (Å²) < 4.78 is 4.53. The minimum absolute atomic E-state index is 0.252. The summed E-state index contributed by atoms with van der Waals surface area (Å²) in [6.07, 6.45) is 6.38. The zero-order valence-electron chi connectivity index (χ0n) is 15.6. The van der Waals surface area contributed by atoms with Gasteiger partial charge < -0.3 is 10.4 Å². The van der Waals surface area contributed by atoms with Crippen LogP contribution in [0.1, 0.15) is 73.0 Å². The normalized spacial score (nSPS) is 19.3. The van der Waals surface area contributed by atoms with E-state index in [0.29, 0.717) is 30.3 Å². The largest absolute Gasteiger partial charge is 0.478 e. The van der Waals surface area contributed by atoms with Crippen molar-refractivity contribution in [3.8, 4) is 10.6 Å². The van der Waals surface area contributed by atoms with E-state index in [4.69, 9.17) is 4.98 Å². The molecule has 2 aromatic heterocycles. The standard InChI is InChI=1S/C20H21N3O3S2/c1-9-14(19-21-16(23-28-19)11-7-8-11)18(27-15(9)10-5-6-10)22-17(24)12-3-2-4-13(12)20(25)26/h10-11H,2-8H2,1H3,(H,22,24)(H,25,26). The highest BCUT2D eigenvalue weighted by Gasteiger charge is 2.34. The van der Waals surface area contributed by atoms with E-state index in [1.165, 1.54) is 34.8 Å². The molecule has 0 aliphatic heterocycles. The molecule has 2 heterocycles. The van der Waals surface area contributed by atoms with Crippen LogP contribution in [0.4, 0.5) is 5.00 Å². The Morgan fingerprint density at radius 2 is 1.82 bits per heavy atom. The summed E-state index contributed by atoms with van der Waals surface area (Å²) >= 11 is 3.02. The SMILES string of the molecule is Cc1c(C2CC2)sc(NC(=O)C2=C(C(=O)O)CCC2)c1-c1nc(C2CC2)ns1. The molecule has 146 valence electrons. The first-order valence-corrected chi connectivity index (χ1v) is 11.4. The smallest absolute Gasteiger partial charge is 0.332 e. The van der Waals surface area contributed by atoms with Gasteiger partial charge in [-0.05, 0) is 74.9 Å². The Kier molecular flexibility index (Phi) is 4.35. The van der Waals surface area contributed by atoms with Crippen molar-refractivity contribution in [1.82, 2.24) is 9.36 Å². The molecule has 0 atom stereocenters. The molecule has 0 unspecified atom stereocenters. The molecule has 3 aliphatic rings. The number of carboxylic acids is 1. The molecule has 8 heteroatoms. The van der Waals surface area contributed by atoms with E-state index in [1.54, 1.807) is 11.3 Å². The molecule has 0 bridgehead atoms. The fourth-order valence-electron chi connectivity index (χ4n) is 3.86. The van der Waals surface area contributed by atoms with Gasteiger partial charge in [0.05, 0.1) is 5.56 Å². The highest BCUT2D eigenvalue weighted by molar-refractivity contribution is 7.18. The predicted octanol–water partition coefficient (Wildman–Crippen LogP) is 4.83. The molecule has 0 aromatic carbocycles. The highest BCUT2D eigenvalue weighted by Crippen LogP contribution is 2.52. The lowest BCUT2D eigenvalue weighted by Gasteiger charge is -2.07. The summed E-state index contributed by atoms with van der Waals surface area (Å²) in [4.78, 5) is 30.4. The van der Waals surface area contributed by atoms with Gasteiger partial charge in [0.1, 0.15) is 15.8 Å². The van der Waals surface area contributed by atoms with Gasteiger partial charge in [-0.15, -0.1) is 11.3 Å². The lowest BCUT2D eigenvalue weighted by molar-refractivity contribution is -0.133. The summed E-state index contributed by atoms with van der Waals surface area (Å²) in [5.74, 6) is 0.716. The van der Waals surface area contributed by atoms with Crippen molar-refractivity contribution in [2.75, 3.05) is 5.32 Å². The van der Waals surface area contributed by atoms with Crippen LogP contribution >= 0.6 is 22.9 Å². The van der Waals surface area contributed by atoms with Gasteiger partial charge in [-0.3, -0.25) is 4.79 Å². The molecule has 3 aliphatic carbocycles. The quantitative estimate of drug-likeness (QED) is 0.705. The number of hydrogen-bond acceptors (Lipinski definition) is 6. The number of carbonyl (C=O) groups is 2. The lowest BCUT2D eigenvalue weighted by Crippen LogP contribution is -2.16. The zero-order valence-corrected chi connectivity index (χ0v) is 17.2. The number of aromatic nitrogens is 2. The maximum absolute atomic E-state index is 12.9. The van der Waals surface area contributed by atoms with Crippen molar-refractivity contribution in [1.29, 1.82) is 0 Å². The third-order valence-corrected chi connectivity index (χ3v) is 7.82. The molecular formula is C20H21N3O3S2. The number of carboxylic acid groups (broad SMARTS) is 1. The number of hydrogen-bond donors (Lipinski definition) is 2. The number of thiophene rings is 1. The molecule has 6 nitrogen and oxygen atoms in total. The van der Waals surface area contributed by atoms with Gasteiger partial charge in [0.2, 0.25) is 0 Å². The first-order chi connectivity index (χ1) is 13.5. The van der Waals surface area contributed by atoms with E-state index in [0.717, 1.165) is 40.7 Å². The monoisotopic (exact) mass is 415 g/mol. The molecule has 2 fully saturated rings. The van der Waals surface area contributed by atoms with Crippen LogP contribution in [0.3, 0.4) is 0 Å². The van der Waals surface area contributed by atoms with Crippen LogP contribution in [0.15, 0.2) is 11.1 Å². The van der Waals surface area contributed by atoms with E-state index in [9.17, 15) is 14.7 Å². The predicted molar refractivity (Wildman–Crippen MR) is 109 cm³/mol. The van der Waals surface area contributed by atoms with Crippen LogP contribution in [0, 0.1) is 6.92 Å². The van der Waals surface area contributed by atoms with Crippen LogP contribution in [-0.2, 0) is 9.59 Å². The highest BCUT2D eigenvalue weighted by atomic mass is 32.1. The van der Waals surface area contributed by atoms with E-state index in [-0.39, 0.29) is 11.5 Å². The fourth-order valence-corrected chi connectivity index (χ4v) is 6.15. The first-order valence-electron chi connectivity index (χ1n) is 9.77. The Morgan fingerprint density at radius 1 is 1.11 bits per heavy atom. The van der Waals surface area contributed by atoms with Crippen molar-refractivity contribution in [2.24, 2.45) is 0 Å². The molecule has 2 aromatic rings. The third kappa shape index (κ3) is 3.18. The Bertz CT molecular complexity index is 1010. The van der Waals surface area contributed by atoms with E-state index in [2.05, 4.69) is 16.6 Å². The Labute approximate surface area is 170 Å². The maximum atomic E-state index is 12.9. The van der Waals surface area contributed by atoms with Gasteiger partial charge in [-0.2, -0.15) is 4.37 Å². The van der Waals surface area contributed by atoms with Crippen LogP contribution in [0.5, 0.6) is 0 Å². The van der Waals surface area contributed by atoms with Gasteiger partial charge in [-0.25, -0.2) is 9.78 Å². The van der Waals surface area contributed by atoms with Gasteiger partial charge in [0, 0.05) is 21.9 Å². The number of rotatable bonds is 6. The second-order valence-corrected chi connectivity index (χ2v) is 9.68. The fraction of sp³-hybridized carbons (Fsp3) is 0.500. The van der Waals surface area contributed by atoms with Crippen molar-refractivity contribution in [3.05, 3.63) is 27.4 Å². The molecule has 1 amide bonds. The summed E-state index contributed by atoms with van der Waals surface area (Å²) in [5.41, 5.74) is 2.82. The van der Waals surface area contributed by atoms with Gasteiger partial charge >= 0.3 is 5.97 Å². The molecule has 0 saturated heterocycles. The second-order valence-electron chi connectivity index (χ2n) is 7.87. The molecule has 0 spiro atoms. The van der Waals surface area contributed by atoms with E-state index >= 15 is 0 Å². The van der Waals surface area contributed by atoms with Crippen molar-refractivity contribution in [3.63, 3.8) is 0 Å². The number of nitrogens with one attached hydrogen (secondary N) is 1. The number of anilines is 1. The van der Waals surface area contributed by atoms with Crippen molar-refractivity contribution >= 4 is 39.7 Å². The summed E-state index contributed by atoms with van der Waals surface area (Å²) in [6, 6.07) is 0. The topological polar surface area (TPSA) is 92.2 Å². The van der Waals surface area contributed by atoms with Gasteiger partial charge in [-0.1, -0.05) is 0 Å². The molecule has 2 N–H and O–H groups in total. The summed E-state index contributed by atoms with van der Waals surface area (Å²) in [7, 11) is 0. The third-order valence-electron chi connectivity index (χ3n) is 5.71. The molecule has 2 saturated carbocycles. The number of aliphatic carboxylic acids is 1. The van der Waals surface area contributed by atoms with E-state index in [1.807, 2.05) is 0 Å². The van der Waals surface area contributed by atoms with E-state index < -0.39 is 5.97 Å². The summed E-state index contributed by atoms with van der Waals surface area (Å²) in [5, 5.41) is 14.0. The van der Waals surface area contributed by atoms with Crippen molar-refractivity contribution in [2.45, 2.75) is 63.7 Å². The van der Waals surface area contributed by atoms with Crippen LogP contribution < -0.4 is 5.32 Å². The molecule has 28 heavy (non-hydrogen) atoms. The maximum Gasteiger partial charge on any atom is 0.332 e. The summed E-state index contributed by atoms with van der Waals surface area (Å²) in [6.45, 7) is 2.10. The molecule has 5 rings (SSSR count). The molecule has 0 radical (unpaired) electrons. The number of nitrogens with zero attached hydrogens (tertiary/aromatic N) is 2. The zero-order chi connectivity index (χ0) is 19.4. The number of carbonyl (C=O) groups excluding carboxylic acids is 1. The Hall–Kier alpha value is -2.06. The van der Waals surface area contributed by atoms with Gasteiger partial charge in [0.15, 0.2) is 0 Å². The first kappa shape index (κ1) is 18.0. The lowest BCUT2D eigenvalue weighted by atomic mass is 10.1. The second kappa shape index (κ2) is 6.77. The van der Waals surface area contributed by atoms with Crippen LogP contribution in [-0.4, -0.2) is 26.3 Å². The minimum atomic E-state index is -0.984. The van der Waals surface area contributed by atoms with Gasteiger partial charge in [0.25, 0.3) is 5.91 Å². The van der Waals surface area contributed by atoms with Crippen LogP contribution in [0.25, 0.3) is 10.6 Å². The van der Waals surface area contributed by atoms with Crippen molar-refractivity contribution < 1.29 is 14.7 Å². The average molecular weight is 416 g/mol.